The Morgan fingerprint density at radius 3 is 2.36 bits per heavy atom. The summed E-state index contributed by atoms with van der Waals surface area (Å²) in [4.78, 5) is 40.2. The molecule has 0 saturated carbocycles. The molecule has 1 aromatic heterocycles. The minimum atomic E-state index is -0.562. The molecule has 9 heteroatoms. The second-order valence-electron chi connectivity index (χ2n) is 6.38. The van der Waals surface area contributed by atoms with Gasteiger partial charge in [-0.3, -0.25) is 24.9 Å². The van der Waals surface area contributed by atoms with Gasteiger partial charge in [-0.15, -0.1) is 0 Å². The van der Waals surface area contributed by atoms with Crippen molar-refractivity contribution in [2.75, 3.05) is 36.0 Å². The largest absolute Gasteiger partial charge is 0.368 e. The fraction of sp³-hybridized carbons (Fsp3) is 0.368. The van der Waals surface area contributed by atoms with Gasteiger partial charge in [0.25, 0.3) is 5.75 Å². The summed E-state index contributed by atoms with van der Waals surface area (Å²) >= 11 is 0. The lowest BCUT2D eigenvalue weighted by Gasteiger charge is -2.37. The lowest BCUT2D eigenvalue weighted by molar-refractivity contribution is -0.387. The Morgan fingerprint density at radius 1 is 1.11 bits per heavy atom. The summed E-state index contributed by atoms with van der Waals surface area (Å²) < 4.78 is 0. The summed E-state index contributed by atoms with van der Waals surface area (Å²) in [5.74, 6) is -0.651. The smallest absolute Gasteiger partial charge is 0.355 e. The average Bonchev–Trinajstić information content (AvgIpc) is 2.73. The third-order valence-electron chi connectivity index (χ3n) is 4.49. The number of benzene rings is 1. The van der Waals surface area contributed by atoms with Crippen LogP contribution in [0, 0.1) is 10.1 Å². The molecule has 148 valence electrons. The molecule has 0 N–H and O–H groups in total. The van der Waals surface area contributed by atoms with E-state index >= 15 is 0 Å². The molecular weight excluding hydrogens is 364 g/mol. The van der Waals surface area contributed by atoms with Gasteiger partial charge in [0.1, 0.15) is 0 Å². The topological polar surface area (TPSA) is 98.0 Å². The van der Waals surface area contributed by atoms with Crippen LogP contribution in [0.5, 0.6) is 5.75 Å². The molecule has 0 spiro atoms. The van der Waals surface area contributed by atoms with Gasteiger partial charge in [-0.05, 0) is 30.7 Å². The van der Waals surface area contributed by atoms with Gasteiger partial charge in [0, 0.05) is 62.4 Å². The standard InChI is InChI=1S/C19H22N4O5/c1-2-3-19(24)28-27-18-5-4-16(14-17(18)23(25)26)22-12-10-21(11-13-22)15-6-8-20-9-7-15/h4-9,14H,2-3,10-13H2,1H3. The van der Waals surface area contributed by atoms with Crippen molar-refractivity contribution in [1.29, 1.82) is 0 Å². The molecule has 2 aromatic rings. The number of pyridine rings is 1. The molecule has 3 rings (SSSR count). The summed E-state index contributed by atoms with van der Waals surface area (Å²) in [5, 5.41) is 11.4. The molecule has 2 heterocycles. The summed E-state index contributed by atoms with van der Waals surface area (Å²) in [6, 6.07) is 8.57. The van der Waals surface area contributed by atoms with Crippen LogP contribution in [0.1, 0.15) is 19.8 Å². The number of hydrogen-bond acceptors (Lipinski definition) is 8. The minimum absolute atomic E-state index is 0.0892. The Morgan fingerprint density at radius 2 is 1.75 bits per heavy atom. The van der Waals surface area contributed by atoms with Crippen LogP contribution in [0.15, 0.2) is 42.7 Å². The third-order valence-corrected chi connectivity index (χ3v) is 4.49. The maximum Gasteiger partial charge on any atom is 0.355 e. The molecule has 1 aromatic carbocycles. The molecule has 1 saturated heterocycles. The third kappa shape index (κ3) is 4.67. The second-order valence-corrected chi connectivity index (χ2v) is 6.38. The van der Waals surface area contributed by atoms with Crippen molar-refractivity contribution in [2.24, 2.45) is 0 Å². The van der Waals surface area contributed by atoms with E-state index in [-0.39, 0.29) is 17.9 Å². The Hall–Kier alpha value is -3.36. The van der Waals surface area contributed by atoms with Crippen LogP contribution < -0.4 is 14.7 Å². The molecule has 28 heavy (non-hydrogen) atoms. The molecule has 0 radical (unpaired) electrons. The Kier molecular flexibility index (Phi) is 6.25. The average molecular weight is 386 g/mol. The van der Waals surface area contributed by atoms with Gasteiger partial charge in [-0.1, -0.05) is 6.92 Å². The number of nitro groups is 1. The number of nitro benzene ring substituents is 1. The number of nitrogens with zero attached hydrogens (tertiary/aromatic N) is 4. The zero-order valence-corrected chi connectivity index (χ0v) is 15.6. The highest BCUT2D eigenvalue weighted by atomic mass is 17.2. The maximum atomic E-state index is 11.4. The fourth-order valence-electron chi connectivity index (χ4n) is 3.03. The van der Waals surface area contributed by atoms with Crippen molar-refractivity contribution >= 4 is 23.0 Å². The van der Waals surface area contributed by atoms with Crippen molar-refractivity contribution in [3.05, 3.63) is 52.8 Å². The first-order valence-electron chi connectivity index (χ1n) is 9.14. The van der Waals surface area contributed by atoms with E-state index in [4.69, 9.17) is 4.89 Å². The number of anilines is 2. The van der Waals surface area contributed by atoms with E-state index in [0.29, 0.717) is 6.42 Å². The molecule has 1 fully saturated rings. The second kappa shape index (κ2) is 9.03. The molecule has 9 nitrogen and oxygen atoms in total. The van der Waals surface area contributed by atoms with Gasteiger partial charge in [0.05, 0.1) is 4.92 Å². The molecule has 1 aliphatic rings. The molecule has 0 atom stereocenters. The van der Waals surface area contributed by atoms with Crippen molar-refractivity contribution in [2.45, 2.75) is 19.8 Å². The van der Waals surface area contributed by atoms with E-state index in [1.54, 1.807) is 18.5 Å². The number of carbonyl (C=O) groups is 1. The molecule has 1 aliphatic heterocycles. The van der Waals surface area contributed by atoms with Crippen LogP contribution >= 0.6 is 0 Å². The van der Waals surface area contributed by atoms with Crippen LogP contribution in [-0.2, 0) is 9.68 Å². The van der Waals surface area contributed by atoms with Crippen LogP contribution in [0.25, 0.3) is 0 Å². The zero-order valence-electron chi connectivity index (χ0n) is 15.6. The quantitative estimate of drug-likeness (QED) is 0.407. The van der Waals surface area contributed by atoms with Crippen molar-refractivity contribution in [1.82, 2.24) is 4.98 Å². The molecule has 0 bridgehead atoms. The monoisotopic (exact) mass is 386 g/mol. The van der Waals surface area contributed by atoms with Gasteiger partial charge < -0.3 is 9.80 Å². The van der Waals surface area contributed by atoms with E-state index in [1.165, 1.54) is 12.1 Å². The minimum Gasteiger partial charge on any atom is -0.368 e. The van der Waals surface area contributed by atoms with Crippen molar-refractivity contribution < 1.29 is 19.5 Å². The van der Waals surface area contributed by atoms with Crippen molar-refractivity contribution in [3.63, 3.8) is 0 Å². The molecule has 0 aliphatic carbocycles. The summed E-state index contributed by atoms with van der Waals surface area (Å²) in [6.45, 7) is 4.87. The number of rotatable bonds is 7. The lowest BCUT2D eigenvalue weighted by atomic mass is 10.2. The highest BCUT2D eigenvalue weighted by Gasteiger charge is 2.23. The Balaban J connectivity index is 1.67. The SMILES string of the molecule is CCCC(=O)OOc1ccc(N2CCN(c3ccncc3)CC2)cc1[N+](=O)[O-]. The van der Waals surface area contributed by atoms with Gasteiger partial charge in [-0.2, -0.15) is 0 Å². The molecule has 0 amide bonds. The summed E-state index contributed by atoms with van der Waals surface area (Å²) in [7, 11) is 0. The van der Waals surface area contributed by atoms with E-state index in [9.17, 15) is 14.9 Å². The van der Waals surface area contributed by atoms with Gasteiger partial charge in [0.2, 0.25) is 0 Å². The summed E-state index contributed by atoms with van der Waals surface area (Å²) in [5.41, 5.74) is 1.60. The van der Waals surface area contributed by atoms with E-state index in [0.717, 1.165) is 37.6 Å². The van der Waals surface area contributed by atoms with E-state index in [1.807, 2.05) is 19.1 Å². The van der Waals surface area contributed by atoms with Gasteiger partial charge in [0.15, 0.2) is 0 Å². The summed E-state index contributed by atoms with van der Waals surface area (Å²) in [6.07, 6.45) is 4.32. The van der Waals surface area contributed by atoms with Crippen LogP contribution in [-0.4, -0.2) is 42.1 Å². The molecule has 0 unspecified atom stereocenters. The Bertz CT molecular complexity index is 822. The fourth-order valence-corrected chi connectivity index (χ4v) is 3.03. The zero-order chi connectivity index (χ0) is 19.9. The van der Waals surface area contributed by atoms with Crippen LogP contribution in [0.4, 0.5) is 17.1 Å². The van der Waals surface area contributed by atoms with Crippen LogP contribution in [0.3, 0.4) is 0 Å². The number of aromatic nitrogens is 1. The highest BCUT2D eigenvalue weighted by molar-refractivity contribution is 5.69. The van der Waals surface area contributed by atoms with E-state index in [2.05, 4.69) is 19.7 Å². The maximum absolute atomic E-state index is 11.4. The highest BCUT2D eigenvalue weighted by Crippen LogP contribution is 2.32. The first-order chi connectivity index (χ1) is 13.6. The Labute approximate surface area is 162 Å². The van der Waals surface area contributed by atoms with E-state index < -0.39 is 10.9 Å². The number of piperazine rings is 1. The normalized spacial score (nSPS) is 13.9. The number of hydrogen-bond donors (Lipinski definition) is 0. The van der Waals surface area contributed by atoms with Crippen molar-refractivity contribution in [3.8, 4) is 5.75 Å². The first-order valence-corrected chi connectivity index (χ1v) is 9.14. The predicted octanol–water partition coefficient (Wildman–Crippen LogP) is 2.95. The van der Waals surface area contributed by atoms with Crippen LogP contribution in [0.2, 0.25) is 0 Å². The van der Waals surface area contributed by atoms with Gasteiger partial charge >= 0.3 is 11.7 Å². The number of carbonyl (C=O) groups excluding carboxylic acids is 1. The predicted molar refractivity (Wildman–Crippen MR) is 103 cm³/mol. The first kappa shape index (κ1) is 19.4. The molecular formula is C19H22N4O5. The van der Waals surface area contributed by atoms with Gasteiger partial charge in [-0.25, -0.2) is 4.79 Å². The lowest BCUT2D eigenvalue weighted by Crippen LogP contribution is -2.46.